The average Bonchev–Trinajstić information content (AvgIpc) is 3.07. The lowest BCUT2D eigenvalue weighted by Crippen LogP contribution is -2.09. The highest BCUT2D eigenvalue weighted by molar-refractivity contribution is 7.91. The summed E-state index contributed by atoms with van der Waals surface area (Å²) >= 11 is 0. The van der Waals surface area contributed by atoms with Gasteiger partial charge in [0.25, 0.3) is 0 Å². The van der Waals surface area contributed by atoms with E-state index in [2.05, 4.69) is 30.3 Å². The number of aromatic nitrogens is 3. The molecule has 7 heteroatoms. The van der Waals surface area contributed by atoms with Gasteiger partial charge in [-0.05, 0) is 44.4 Å². The molecule has 2 aromatic heterocycles. The van der Waals surface area contributed by atoms with E-state index in [-0.39, 0.29) is 11.7 Å². The molecule has 0 fully saturated rings. The van der Waals surface area contributed by atoms with Crippen molar-refractivity contribution in [3.8, 4) is 0 Å². The molecule has 0 aliphatic rings. The van der Waals surface area contributed by atoms with Crippen molar-refractivity contribution in [3.63, 3.8) is 0 Å². The summed E-state index contributed by atoms with van der Waals surface area (Å²) in [5, 5.41) is 0. The average molecular weight is 415 g/mol. The minimum absolute atomic E-state index is 0.174. The number of benzene rings is 1. The van der Waals surface area contributed by atoms with Gasteiger partial charge < -0.3 is 10.3 Å². The molecule has 0 spiro atoms. The number of hydrogen-bond donors (Lipinski definition) is 1. The number of imidazole rings is 1. The Labute approximate surface area is 173 Å². The van der Waals surface area contributed by atoms with E-state index in [9.17, 15) is 8.42 Å². The molecule has 0 unspecified atom stereocenters. The fourth-order valence-electron chi connectivity index (χ4n) is 3.67. The summed E-state index contributed by atoms with van der Waals surface area (Å²) in [6.45, 7) is 9.05. The molecule has 0 amide bonds. The second-order valence-electron chi connectivity index (χ2n) is 7.87. The molecule has 2 heterocycles. The second kappa shape index (κ2) is 8.53. The first-order valence-corrected chi connectivity index (χ1v) is 11.8. The highest BCUT2D eigenvalue weighted by Gasteiger charge is 2.19. The number of nitrogens with zero attached hydrogens (tertiary/aromatic N) is 3. The van der Waals surface area contributed by atoms with Crippen LogP contribution in [0.5, 0.6) is 0 Å². The van der Waals surface area contributed by atoms with Gasteiger partial charge in [0.15, 0.2) is 15.7 Å². The van der Waals surface area contributed by atoms with Gasteiger partial charge in [0, 0.05) is 18.2 Å². The maximum Gasteiger partial charge on any atom is 0.178 e. The summed E-state index contributed by atoms with van der Waals surface area (Å²) in [4.78, 5) is 9.59. The Bertz CT molecular complexity index is 1100. The maximum absolute atomic E-state index is 12.4. The molecule has 0 saturated heterocycles. The minimum Gasteiger partial charge on any atom is -0.382 e. The number of unbranched alkanes of at least 4 members (excludes halogenated alkanes) is 2. The maximum atomic E-state index is 12.4. The standard InChI is InChI=1S/C22H30N4O2S/c1-15(2)22-25-19-20(16(3)17(4)24-21(19)23)26(22)13-9-6-10-14-29(27,28)18-11-7-5-8-12-18/h5,7-8,11-12,15H,6,9-10,13-14H2,1-4H3,(H2,23,24). The van der Waals surface area contributed by atoms with E-state index in [1.165, 1.54) is 0 Å². The van der Waals surface area contributed by atoms with Crippen LogP contribution >= 0.6 is 0 Å². The number of hydrogen-bond acceptors (Lipinski definition) is 5. The predicted molar refractivity (Wildman–Crippen MR) is 118 cm³/mol. The highest BCUT2D eigenvalue weighted by atomic mass is 32.2. The van der Waals surface area contributed by atoms with Crippen molar-refractivity contribution >= 4 is 26.7 Å². The monoisotopic (exact) mass is 414 g/mol. The van der Waals surface area contributed by atoms with Gasteiger partial charge in [-0.15, -0.1) is 0 Å². The number of nitrogen functional groups attached to an aromatic ring is 1. The van der Waals surface area contributed by atoms with Crippen LogP contribution in [0, 0.1) is 13.8 Å². The van der Waals surface area contributed by atoms with Crippen LogP contribution in [0.25, 0.3) is 11.0 Å². The van der Waals surface area contributed by atoms with Gasteiger partial charge in [0.2, 0.25) is 0 Å². The molecular weight excluding hydrogens is 384 g/mol. The lowest BCUT2D eigenvalue weighted by atomic mass is 10.1. The lowest BCUT2D eigenvalue weighted by molar-refractivity contribution is 0.565. The molecule has 0 bridgehead atoms. The van der Waals surface area contributed by atoms with Gasteiger partial charge in [-0.3, -0.25) is 0 Å². The molecule has 0 aliphatic carbocycles. The predicted octanol–water partition coefficient (Wildman–Crippen LogP) is 4.40. The van der Waals surface area contributed by atoms with Crippen LogP contribution < -0.4 is 5.73 Å². The van der Waals surface area contributed by atoms with Crippen LogP contribution in [0.15, 0.2) is 35.2 Å². The number of rotatable bonds is 8. The number of fused-ring (bicyclic) bond motifs is 1. The quantitative estimate of drug-likeness (QED) is 0.552. The molecule has 0 aliphatic heterocycles. The minimum atomic E-state index is -3.21. The Morgan fingerprint density at radius 1 is 1.03 bits per heavy atom. The van der Waals surface area contributed by atoms with Crippen molar-refractivity contribution in [3.05, 3.63) is 47.4 Å². The molecule has 29 heavy (non-hydrogen) atoms. The number of sulfone groups is 1. The van der Waals surface area contributed by atoms with Crippen molar-refractivity contribution < 1.29 is 8.42 Å². The number of nitrogens with two attached hydrogens (primary N) is 1. The summed E-state index contributed by atoms with van der Waals surface area (Å²) in [6, 6.07) is 8.66. The van der Waals surface area contributed by atoms with Crippen LogP contribution in [0.3, 0.4) is 0 Å². The zero-order valence-electron chi connectivity index (χ0n) is 17.6. The molecule has 0 radical (unpaired) electrons. The first kappa shape index (κ1) is 21.3. The molecule has 156 valence electrons. The van der Waals surface area contributed by atoms with E-state index in [1.54, 1.807) is 24.3 Å². The lowest BCUT2D eigenvalue weighted by Gasteiger charge is -2.13. The van der Waals surface area contributed by atoms with Gasteiger partial charge in [0.05, 0.1) is 16.2 Å². The molecule has 6 nitrogen and oxygen atoms in total. The number of aryl methyl sites for hydroxylation is 3. The van der Waals surface area contributed by atoms with E-state index in [4.69, 9.17) is 10.7 Å². The van der Waals surface area contributed by atoms with Gasteiger partial charge in [-0.1, -0.05) is 38.5 Å². The topological polar surface area (TPSA) is 90.9 Å². The Morgan fingerprint density at radius 2 is 1.72 bits per heavy atom. The van der Waals surface area contributed by atoms with Gasteiger partial charge >= 0.3 is 0 Å². The van der Waals surface area contributed by atoms with Crippen molar-refractivity contribution in [1.82, 2.24) is 14.5 Å². The van der Waals surface area contributed by atoms with Crippen LogP contribution in [0.1, 0.15) is 56.1 Å². The summed E-state index contributed by atoms with van der Waals surface area (Å²) in [5.41, 5.74) is 9.97. The van der Waals surface area contributed by atoms with Crippen LogP contribution in [-0.2, 0) is 16.4 Å². The first-order valence-electron chi connectivity index (χ1n) is 10.1. The molecule has 3 aromatic rings. The number of anilines is 1. The third kappa shape index (κ3) is 4.45. The Hall–Kier alpha value is -2.41. The van der Waals surface area contributed by atoms with E-state index in [0.717, 1.165) is 47.5 Å². The fourth-order valence-corrected chi connectivity index (χ4v) is 5.06. The SMILES string of the molecule is Cc1nc(N)c2nc(C(C)C)n(CCCCCS(=O)(=O)c3ccccc3)c2c1C. The molecule has 3 rings (SSSR count). The van der Waals surface area contributed by atoms with Crippen molar-refractivity contribution in [2.75, 3.05) is 11.5 Å². The van der Waals surface area contributed by atoms with Crippen LogP contribution in [0.2, 0.25) is 0 Å². The molecule has 0 atom stereocenters. The summed E-state index contributed by atoms with van der Waals surface area (Å²) in [5.74, 6) is 1.91. The zero-order valence-corrected chi connectivity index (χ0v) is 18.5. The van der Waals surface area contributed by atoms with Gasteiger partial charge in [-0.2, -0.15) is 0 Å². The highest BCUT2D eigenvalue weighted by Crippen LogP contribution is 2.29. The van der Waals surface area contributed by atoms with E-state index < -0.39 is 9.84 Å². The molecular formula is C22H30N4O2S. The molecule has 0 saturated carbocycles. The first-order chi connectivity index (χ1) is 13.7. The van der Waals surface area contributed by atoms with Crippen molar-refractivity contribution in [2.24, 2.45) is 0 Å². The fraction of sp³-hybridized carbons (Fsp3) is 0.455. The van der Waals surface area contributed by atoms with Crippen LogP contribution in [-0.4, -0.2) is 28.7 Å². The second-order valence-corrected chi connectivity index (χ2v) is 9.98. The van der Waals surface area contributed by atoms with Crippen LogP contribution in [0.4, 0.5) is 5.82 Å². The Kier molecular flexibility index (Phi) is 6.27. The normalized spacial score (nSPS) is 12.2. The summed E-state index contributed by atoms with van der Waals surface area (Å²) < 4.78 is 27.1. The Morgan fingerprint density at radius 3 is 2.38 bits per heavy atom. The summed E-state index contributed by atoms with van der Waals surface area (Å²) in [7, 11) is -3.21. The van der Waals surface area contributed by atoms with E-state index in [0.29, 0.717) is 17.1 Å². The molecule has 1 aromatic carbocycles. The largest absolute Gasteiger partial charge is 0.382 e. The third-order valence-corrected chi connectivity index (χ3v) is 7.16. The Balaban J connectivity index is 1.72. The molecule has 2 N–H and O–H groups in total. The third-order valence-electron chi connectivity index (χ3n) is 5.34. The zero-order chi connectivity index (χ0) is 21.2. The van der Waals surface area contributed by atoms with Crippen molar-refractivity contribution in [1.29, 1.82) is 0 Å². The van der Waals surface area contributed by atoms with Gasteiger partial charge in [-0.25, -0.2) is 18.4 Å². The van der Waals surface area contributed by atoms with E-state index in [1.807, 2.05) is 13.0 Å². The summed E-state index contributed by atoms with van der Waals surface area (Å²) in [6.07, 6.45) is 2.36. The van der Waals surface area contributed by atoms with Gasteiger partial charge in [0.1, 0.15) is 11.3 Å². The van der Waals surface area contributed by atoms with Crippen molar-refractivity contribution in [2.45, 2.75) is 64.3 Å². The van der Waals surface area contributed by atoms with E-state index >= 15 is 0 Å². The number of pyridine rings is 1. The smallest absolute Gasteiger partial charge is 0.178 e.